The maximum absolute atomic E-state index is 3.61. The molecule has 1 heterocycles. The van der Waals surface area contributed by atoms with Crippen molar-refractivity contribution in [3.8, 4) is 0 Å². The highest BCUT2D eigenvalue weighted by Gasteiger charge is 2.21. The molecule has 0 saturated carbocycles. The standard InChI is InChI=1S/C17H28BrN3/c1-13(2)19-11-15-10-16(18)6-7-17(15)21-9-5-8-20(4)12-14(21)3/h6-7,10,13-14,19H,5,8-9,11-12H2,1-4H3. The van der Waals surface area contributed by atoms with E-state index in [1.807, 2.05) is 0 Å². The van der Waals surface area contributed by atoms with E-state index in [1.54, 1.807) is 0 Å². The summed E-state index contributed by atoms with van der Waals surface area (Å²) in [6, 6.07) is 7.74. The van der Waals surface area contributed by atoms with Gasteiger partial charge in [-0.2, -0.15) is 0 Å². The van der Waals surface area contributed by atoms with Gasteiger partial charge in [0.25, 0.3) is 0 Å². The molecule has 0 amide bonds. The van der Waals surface area contributed by atoms with E-state index in [2.05, 4.69) is 77.1 Å². The van der Waals surface area contributed by atoms with Crippen molar-refractivity contribution in [2.75, 3.05) is 31.6 Å². The minimum atomic E-state index is 0.504. The molecule has 1 aromatic carbocycles. The van der Waals surface area contributed by atoms with Crippen LogP contribution in [0.15, 0.2) is 22.7 Å². The third kappa shape index (κ3) is 4.70. The first kappa shape index (κ1) is 16.8. The Morgan fingerprint density at radius 1 is 1.33 bits per heavy atom. The van der Waals surface area contributed by atoms with Gasteiger partial charge in [-0.05, 0) is 50.7 Å². The summed E-state index contributed by atoms with van der Waals surface area (Å²) in [6.45, 7) is 11.1. The average Bonchev–Trinajstić information content (AvgIpc) is 2.57. The largest absolute Gasteiger partial charge is 0.367 e. The van der Waals surface area contributed by atoms with Gasteiger partial charge in [-0.25, -0.2) is 0 Å². The Bertz CT molecular complexity index is 461. The third-order valence-electron chi connectivity index (χ3n) is 4.10. The minimum Gasteiger partial charge on any atom is -0.367 e. The van der Waals surface area contributed by atoms with Crippen molar-refractivity contribution in [3.05, 3.63) is 28.2 Å². The topological polar surface area (TPSA) is 18.5 Å². The van der Waals surface area contributed by atoms with Crippen LogP contribution in [-0.4, -0.2) is 43.7 Å². The summed E-state index contributed by atoms with van der Waals surface area (Å²) in [6.07, 6.45) is 1.23. The average molecular weight is 354 g/mol. The second-order valence-corrected chi connectivity index (χ2v) is 7.38. The molecule has 1 unspecified atom stereocenters. The molecule has 0 radical (unpaired) electrons. The van der Waals surface area contributed by atoms with Gasteiger partial charge in [0.15, 0.2) is 0 Å². The Labute approximate surface area is 137 Å². The third-order valence-corrected chi connectivity index (χ3v) is 4.59. The van der Waals surface area contributed by atoms with E-state index >= 15 is 0 Å². The van der Waals surface area contributed by atoms with E-state index in [0.29, 0.717) is 12.1 Å². The summed E-state index contributed by atoms with van der Waals surface area (Å²) >= 11 is 3.61. The van der Waals surface area contributed by atoms with Crippen LogP contribution in [0, 0.1) is 0 Å². The Morgan fingerprint density at radius 3 is 2.81 bits per heavy atom. The number of nitrogens with zero attached hydrogens (tertiary/aromatic N) is 2. The van der Waals surface area contributed by atoms with Gasteiger partial charge in [0.05, 0.1) is 0 Å². The Kier molecular flexibility index (Phi) is 6.08. The number of hydrogen-bond acceptors (Lipinski definition) is 3. The molecule has 4 heteroatoms. The Balaban J connectivity index is 2.24. The van der Waals surface area contributed by atoms with Crippen molar-refractivity contribution in [2.45, 2.75) is 45.8 Å². The Hall–Kier alpha value is -0.580. The van der Waals surface area contributed by atoms with E-state index in [0.717, 1.165) is 24.1 Å². The summed E-state index contributed by atoms with van der Waals surface area (Å²) in [5.41, 5.74) is 2.77. The van der Waals surface area contributed by atoms with Gasteiger partial charge >= 0.3 is 0 Å². The van der Waals surface area contributed by atoms with Crippen molar-refractivity contribution in [2.24, 2.45) is 0 Å². The maximum atomic E-state index is 3.61. The molecule has 21 heavy (non-hydrogen) atoms. The monoisotopic (exact) mass is 353 g/mol. The zero-order valence-corrected chi connectivity index (χ0v) is 15.3. The molecule has 1 N–H and O–H groups in total. The van der Waals surface area contributed by atoms with Crippen LogP contribution in [0.5, 0.6) is 0 Å². The fraction of sp³-hybridized carbons (Fsp3) is 0.647. The predicted molar refractivity (Wildman–Crippen MR) is 95.0 cm³/mol. The molecule has 1 aliphatic heterocycles. The molecule has 0 bridgehead atoms. The number of benzene rings is 1. The molecule has 0 aromatic heterocycles. The SMILES string of the molecule is CC(C)NCc1cc(Br)ccc1N1CCCN(C)CC1C. The lowest BCUT2D eigenvalue weighted by Gasteiger charge is -2.32. The molecule has 0 aliphatic carbocycles. The highest BCUT2D eigenvalue weighted by atomic mass is 79.9. The molecule has 1 atom stereocenters. The normalized spacial score (nSPS) is 20.9. The molecular weight excluding hydrogens is 326 g/mol. The molecule has 2 rings (SSSR count). The highest BCUT2D eigenvalue weighted by molar-refractivity contribution is 9.10. The van der Waals surface area contributed by atoms with Crippen molar-refractivity contribution >= 4 is 21.6 Å². The van der Waals surface area contributed by atoms with Gasteiger partial charge in [0.1, 0.15) is 0 Å². The van der Waals surface area contributed by atoms with Crippen molar-refractivity contribution < 1.29 is 0 Å². The number of hydrogen-bond donors (Lipinski definition) is 1. The number of nitrogens with one attached hydrogen (secondary N) is 1. The fourth-order valence-corrected chi connectivity index (χ4v) is 3.43. The molecule has 1 saturated heterocycles. The van der Waals surface area contributed by atoms with Crippen LogP contribution in [0.25, 0.3) is 0 Å². The second kappa shape index (κ2) is 7.61. The first-order valence-corrected chi connectivity index (χ1v) is 8.73. The second-order valence-electron chi connectivity index (χ2n) is 6.47. The molecule has 3 nitrogen and oxygen atoms in total. The van der Waals surface area contributed by atoms with E-state index < -0.39 is 0 Å². The van der Waals surface area contributed by atoms with Gasteiger partial charge in [0, 0.05) is 41.9 Å². The van der Waals surface area contributed by atoms with Crippen molar-refractivity contribution in [1.82, 2.24) is 10.2 Å². The van der Waals surface area contributed by atoms with E-state index in [9.17, 15) is 0 Å². The van der Waals surface area contributed by atoms with Gasteiger partial charge in [-0.1, -0.05) is 29.8 Å². The van der Waals surface area contributed by atoms with Crippen LogP contribution >= 0.6 is 15.9 Å². The van der Waals surface area contributed by atoms with Gasteiger partial charge in [-0.15, -0.1) is 0 Å². The lowest BCUT2D eigenvalue weighted by molar-refractivity contribution is 0.337. The van der Waals surface area contributed by atoms with Crippen LogP contribution in [0.1, 0.15) is 32.8 Å². The van der Waals surface area contributed by atoms with Crippen molar-refractivity contribution in [3.63, 3.8) is 0 Å². The van der Waals surface area contributed by atoms with Gasteiger partial charge in [-0.3, -0.25) is 0 Å². The predicted octanol–water partition coefficient (Wildman–Crippen LogP) is 3.48. The smallest absolute Gasteiger partial charge is 0.0415 e. The lowest BCUT2D eigenvalue weighted by atomic mass is 10.1. The fourth-order valence-electron chi connectivity index (χ4n) is 3.02. The highest BCUT2D eigenvalue weighted by Crippen LogP contribution is 2.27. The van der Waals surface area contributed by atoms with Crippen LogP contribution in [0.3, 0.4) is 0 Å². The maximum Gasteiger partial charge on any atom is 0.0415 e. The number of likely N-dealkylation sites (N-methyl/N-ethyl adjacent to an activating group) is 1. The number of halogens is 1. The van der Waals surface area contributed by atoms with Crippen LogP contribution in [0.2, 0.25) is 0 Å². The summed E-state index contributed by atoms with van der Waals surface area (Å²) in [5, 5.41) is 3.55. The Morgan fingerprint density at radius 2 is 2.10 bits per heavy atom. The van der Waals surface area contributed by atoms with Crippen LogP contribution in [0.4, 0.5) is 5.69 Å². The zero-order valence-electron chi connectivity index (χ0n) is 13.7. The summed E-state index contributed by atoms with van der Waals surface area (Å²) in [5.74, 6) is 0. The molecule has 1 fully saturated rings. The first-order valence-electron chi connectivity index (χ1n) is 7.94. The van der Waals surface area contributed by atoms with E-state index in [-0.39, 0.29) is 0 Å². The molecular formula is C17H28BrN3. The summed E-state index contributed by atoms with van der Waals surface area (Å²) < 4.78 is 1.16. The summed E-state index contributed by atoms with van der Waals surface area (Å²) in [7, 11) is 2.23. The van der Waals surface area contributed by atoms with Crippen molar-refractivity contribution in [1.29, 1.82) is 0 Å². The lowest BCUT2D eigenvalue weighted by Crippen LogP contribution is -2.38. The van der Waals surface area contributed by atoms with E-state index in [4.69, 9.17) is 0 Å². The first-order chi connectivity index (χ1) is 9.97. The number of rotatable bonds is 4. The molecule has 1 aromatic rings. The minimum absolute atomic E-state index is 0.504. The summed E-state index contributed by atoms with van der Waals surface area (Å²) in [4.78, 5) is 5.02. The zero-order chi connectivity index (χ0) is 15.4. The number of anilines is 1. The molecule has 0 spiro atoms. The molecule has 118 valence electrons. The van der Waals surface area contributed by atoms with Gasteiger partial charge < -0.3 is 15.1 Å². The van der Waals surface area contributed by atoms with Gasteiger partial charge in [0.2, 0.25) is 0 Å². The van der Waals surface area contributed by atoms with Crippen LogP contribution < -0.4 is 10.2 Å². The van der Waals surface area contributed by atoms with Crippen LogP contribution in [-0.2, 0) is 6.54 Å². The molecule has 1 aliphatic rings. The van der Waals surface area contributed by atoms with E-state index in [1.165, 1.54) is 24.2 Å². The quantitative estimate of drug-likeness (QED) is 0.893.